The summed E-state index contributed by atoms with van der Waals surface area (Å²) in [5.74, 6) is -3.39. The first-order valence-corrected chi connectivity index (χ1v) is 4.73. The summed E-state index contributed by atoms with van der Waals surface area (Å²) >= 11 is 0. The lowest BCUT2D eigenvalue weighted by atomic mass is 10.0. The number of rotatable bonds is 6. The van der Waals surface area contributed by atoms with Crippen LogP contribution >= 0.6 is 0 Å². The van der Waals surface area contributed by atoms with E-state index in [1.807, 2.05) is 0 Å². The highest BCUT2D eigenvalue weighted by atomic mass is 16.4. The van der Waals surface area contributed by atoms with Gasteiger partial charge in [-0.25, -0.2) is 0 Å². The molecule has 1 amide bonds. The number of carbonyl (C=O) groups is 3. The van der Waals surface area contributed by atoms with Crippen molar-refractivity contribution in [2.75, 3.05) is 13.1 Å². The van der Waals surface area contributed by atoms with E-state index in [2.05, 4.69) is 0 Å². The zero-order valence-electron chi connectivity index (χ0n) is 9.21. The van der Waals surface area contributed by atoms with Crippen LogP contribution in [0.1, 0.15) is 13.8 Å². The number of nitrogens with two attached hydrogens (primary N) is 1. The molecule has 0 aromatic heterocycles. The number of amides is 1. The van der Waals surface area contributed by atoms with E-state index in [4.69, 9.17) is 15.9 Å². The first-order valence-electron chi connectivity index (χ1n) is 4.73. The van der Waals surface area contributed by atoms with E-state index in [0.717, 1.165) is 4.90 Å². The van der Waals surface area contributed by atoms with Gasteiger partial charge in [-0.1, -0.05) is 13.8 Å². The van der Waals surface area contributed by atoms with Gasteiger partial charge < -0.3 is 20.8 Å². The van der Waals surface area contributed by atoms with Crippen molar-refractivity contribution in [2.45, 2.75) is 19.9 Å². The fourth-order valence-corrected chi connectivity index (χ4v) is 1.03. The van der Waals surface area contributed by atoms with Gasteiger partial charge in [0.1, 0.15) is 13.1 Å². The molecule has 0 saturated carbocycles. The molecular weight excluding hydrogens is 216 g/mol. The standard InChI is InChI=1S/C9H16N2O5/c1-5(2)8(10)9(16)11(3-6(12)13)4-7(14)15/h5,8H,3-4,10H2,1-2H3,(H,12,13)(H,14,15). The Hall–Kier alpha value is -1.63. The molecule has 0 aromatic carbocycles. The van der Waals surface area contributed by atoms with Crippen molar-refractivity contribution in [1.29, 1.82) is 0 Å². The monoisotopic (exact) mass is 232 g/mol. The van der Waals surface area contributed by atoms with Crippen molar-refractivity contribution >= 4 is 17.8 Å². The molecule has 1 unspecified atom stereocenters. The number of carboxylic acid groups (broad SMARTS) is 2. The maximum Gasteiger partial charge on any atom is 0.323 e. The summed E-state index contributed by atoms with van der Waals surface area (Å²) in [4.78, 5) is 33.3. The molecule has 7 heteroatoms. The van der Waals surface area contributed by atoms with Gasteiger partial charge in [0.25, 0.3) is 0 Å². The van der Waals surface area contributed by atoms with Crippen LogP contribution in [0.25, 0.3) is 0 Å². The lowest BCUT2D eigenvalue weighted by Crippen LogP contribution is -2.49. The fourth-order valence-electron chi connectivity index (χ4n) is 1.03. The molecule has 0 radical (unpaired) electrons. The largest absolute Gasteiger partial charge is 0.480 e. The molecule has 0 aliphatic rings. The minimum absolute atomic E-state index is 0.183. The average molecular weight is 232 g/mol. The van der Waals surface area contributed by atoms with Crippen LogP contribution in [-0.4, -0.2) is 52.1 Å². The molecule has 1 atom stereocenters. The zero-order valence-corrected chi connectivity index (χ0v) is 9.21. The van der Waals surface area contributed by atoms with E-state index < -0.39 is 37.0 Å². The Labute approximate surface area is 92.8 Å². The molecule has 0 spiro atoms. The summed E-state index contributed by atoms with van der Waals surface area (Å²) in [5, 5.41) is 17.1. The van der Waals surface area contributed by atoms with Crippen LogP contribution < -0.4 is 5.73 Å². The van der Waals surface area contributed by atoms with E-state index in [-0.39, 0.29) is 5.92 Å². The SMILES string of the molecule is CC(C)C(N)C(=O)N(CC(=O)O)CC(=O)O. The van der Waals surface area contributed by atoms with Gasteiger partial charge in [0.2, 0.25) is 5.91 Å². The van der Waals surface area contributed by atoms with Crippen LogP contribution in [0.2, 0.25) is 0 Å². The Morgan fingerprint density at radius 1 is 1.12 bits per heavy atom. The molecule has 0 aliphatic carbocycles. The van der Waals surface area contributed by atoms with Gasteiger partial charge in [-0.15, -0.1) is 0 Å². The van der Waals surface area contributed by atoms with E-state index in [0.29, 0.717) is 0 Å². The summed E-state index contributed by atoms with van der Waals surface area (Å²) in [6.45, 7) is 2.07. The third kappa shape index (κ3) is 4.74. The zero-order chi connectivity index (χ0) is 12.9. The Morgan fingerprint density at radius 2 is 1.50 bits per heavy atom. The van der Waals surface area contributed by atoms with E-state index >= 15 is 0 Å². The van der Waals surface area contributed by atoms with Crippen molar-refractivity contribution in [2.24, 2.45) is 11.7 Å². The molecule has 0 aliphatic heterocycles. The normalized spacial score (nSPS) is 12.2. The number of hydrogen-bond acceptors (Lipinski definition) is 4. The van der Waals surface area contributed by atoms with E-state index in [1.165, 1.54) is 0 Å². The third-order valence-electron chi connectivity index (χ3n) is 1.97. The van der Waals surface area contributed by atoms with Gasteiger partial charge in [-0.05, 0) is 5.92 Å². The summed E-state index contributed by atoms with van der Waals surface area (Å²) in [6, 6.07) is -0.890. The molecular formula is C9H16N2O5. The molecule has 0 aromatic rings. The molecule has 0 bridgehead atoms. The molecule has 0 rings (SSSR count). The summed E-state index contributed by atoms with van der Waals surface area (Å²) in [7, 11) is 0. The highest BCUT2D eigenvalue weighted by Crippen LogP contribution is 2.03. The topological polar surface area (TPSA) is 121 Å². The minimum atomic E-state index is -1.27. The van der Waals surface area contributed by atoms with Gasteiger partial charge in [-0.3, -0.25) is 14.4 Å². The predicted octanol–water partition coefficient (Wildman–Crippen LogP) is -1.03. The lowest BCUT2D eigenvalue weighted by molar-refractivity contribution is -0.150. The predicted molar refractivity (Wildman–Crippen MR) is 54.7 cm³/mol. The van der Waals surface area contributed by atoms with E-state index in [9.17, 15) is 14.4 Å². The van der Waals surface area contributed by atoms with Crippen molar-refractivity contribution in [3.63, 3.8) is 0 Å². The van der Waals surface area contributed by atoms with Crippen molar-refractivity contribution in [3.05, 3.63) is 0 Å². The fraction of sp³-hybridized carbons (Fsp3) is 0.667. The van der Waals surface area contributed by atoms with Crippen LogP contribution in [0.3, 0.4) is 0 Å². The Kier molecular flexibility index (Phi) is 5.44. The third-order valence-corrected chi connectivity index (χ3v) is 1.97. The number of carbonyl (C=O) groups excluding carboxylic acids is 1. The second-order valence-electron chi connectivity index (χ2n) is 3.75. The van der Waals surface area contributed by atoms with Gasteiger partial charge in [0.15, 0.2) is 0 Å². The van der Waals surface area contributed by atoms with Gasteiger partial charge in [0, 0.05) is 0 Å². The first-order chi connectivity index (χ1) is 7.25. The second-order valence-corrected chi connectivity index (χ2v) is 3.75. The quantitative estimate of drug-likeness (QED) is 0.538. The number of hydrogen-bond donors (Lipinski definition) is 3. The summed E-state index contributed by atoms with van der Waals surface area (Å²) in [6.07, 6.45) is 0. The molecule has 4 N–H and O–H groups in total. The van der Waals surface area contributed by atoms with Crippen LogP contribution in [0.5, 0.6) is 0 Å². The van der Waals surface area contributed by atoms with Gasteiger partial charge in [0.05, 0.1) is 6.04 Å². The number of carboxylic acids is 2. The average Bonchev–Trinajstić information content (AvgIpc) is 2.12. The Morgan fingerprint density at radius 3 is 1.75 bits per heavy atom. The molecule has 16 heavy (non-hydrogen) atoms. The van der Waals surface area contributed by atoms with Crippen molar-refractivity contribution in [1.82, 2.24) is 4.90 Å². The molecule has 7 nitrogen and oxygen atoms in total. The first kappa shape index (κ1) is 14.4. The molecule has 0 heterocycles. The summed E-state index contributed by atoms with van der Waals surface area (Å²) < 4.78 is 0. The van der Waals surface area contributed by atoms with Crippen LogP contribution in [-0.2, 0) is 14.4 Å². The van der Waals surface area contributed by atoms with Crippen LogP contribution in [0.4, 0.5) is 0 Å². The molecule has 0 saturated heterocycles. The smallest absolute Gasteiger partial charge is 0.323 e. The highest BCUT2D eigenvalue weighted by molar-refractivity contribution is 5.88. The van der Waals surface area contributed by atoms with Crippen molar-refractivity contribution < 1.29 is 24.6 Å². The summed E-state index contributed by atoms with van der Waals surface area (Å²) in [5.41, 5.74) is 5.54. The van der Waals surface area contributed by atoms with E-state index in [1.54, 1.807) is 13.8 Å². The Bertz CT molecular complexity index is 274. The van der Waals surface area contributed by atoms with Crippen LogP contribution in [0.15, 0.2) is 0 Å². The highest BCUT2D eigenvalue weighted by Gasteiger charge is 2.26. The van der Waals surface area contributed by atoms with Crippen molar-refractivity contribution in [3.8, 4) is 0 Å². The second kappa shape index (κ2) is 6.06. The van der Waals surface area contributed by atoms with Gasteiger partial charge >= 0.3 is 11.9 Å². The van der Waals surface area contributed by atoms with Crippen LogP contribution in [0, 0.1) is 5.92 Å². The maximum absolute atomic E-state index is 11.6. The number of nitrogens with zero attached hydrogens (tertiary/aromatic N) is 1. The lowest BCUT2D eigenvalue weighted by Gasteiger charge is -2.24. The minimum Gasteiger partial charge on any atom is -0.480 e. The Balaban J connectivity index is 4.67. The molecule has 0 fully saturated rings. The number of aliphatic carboxylic acids is 2. The molecule has 92 valence electrons. The van der Waals surface area contributed by atoms with Gasteiger partial charge in [-0.2, -0.15) is 0 Å². The maximum atomic E-state index is 11.6.